The maximum Gasteiger partial charge on any atom is 0.366 e. The molecule has 0 radical (unpaired) electrons. The molecule has 0 saturated heterocycles. The van der Waals surface area contributed by atoms with Gasteiger partial charge in [0.2, 0.25) is 11.7 Å². The van der Waals surface area contributed by atoms with Crippen LogP contribution in [0.5, 0.6) is 0 Å². The third kappa shape index (κ3) is 10.5. The van der Waals surface area contributed by atoms with Crippen LogP contribution in [0.1, 0.15) is 20.8 Å². The van der Waals surface area contributed by atoms with Gasteiger partial charge in [-0.1, -0.05) is 13.2 Å². The Bertz CT molecular complexity index is 438. The Kier molecular flexibility index (Phi) is 10.00. The topological polar surface area (TPSA) is 71.1 Å². The van der Waals surface area contributed by atoms with Gasteiger partial charge in [0.25, 0.3) is 0 Å². The van der Waals surface area contributed by atoms with Crippen molar-refractivity contribution in [1.29, 1.82) is 0 Å². The van der Waals surface area contributed by atoms with Crippen LogP contribution in [-0.2, 0) is 28.5 Å². The number of halogens is 2. The first-order valence-corrected chi connectivity index (χ1v) is 6.93. The first kappa shape index (κ1) is 21.2. The van der Waals surface area contributed by atoms with E-state index in [1.54, 1.807) is 20.8 Å². The molecular weight excluding hydrogens is 314 g/mol. The van der Waals surface area contributed by atoms with E-state index in [1.165, 1.54) is 0 Å². The van der Waals surface area contributed by atoms with E-state index in [2.05, 4.69) is 17.9 Å². The summed E-state index contributed by atoms with van der Waals surface area (Å²) in [5.41, 5.74) is 0. The smallest absolute Gasteiger partial charge is 0.366 e. The molecule has 0 amide bonds. The van der Waals surface area contributed by atoms with Gasteiger partial charge in [-0.05, 0) is 20.8 Å². The maximum atomic E-state index is 12.4. The van der Waals surface area contributed by atoms with E-state index in [4.69, 9.17) is 14.2 Å². The molecule has 23 heavy (non-hydrogen) atoms. The number of carbonyl (C=O) groups is 2. The zero-order valence-electron chi connectivity index (χ0n) is 13.5. The highest BCUT2D eigenvalue weighted by Crippen LogP contribution is 2.04. The standard InChI is InChI=1S/C15H22F2O6/c1-9(21-8-11(3)23-15(19)13(5)17)6-20-10(2)7-22-14(18)12(4)16/h9-11H,4-8H2,1-3H3. The lowest BCUT2D eigenvalue weighted by atomic mass is 10.4. The number of ether oxygens (including phenoxy) is 4. The molecule has 0 aliphatic carbocycles. The van der Waals surface area contributed by atoms with Crippen LogP contribution in [0, 0.1) is 0 Å². The molecule has 3 atom stereocenters. The molecule has 0 spiro atoms. The molecule has 3 unspecified atom stereocenters. The Morgan fingerprint density at radius 3 is 1.74 bits per heavy atom. The van der Waals surface area contributed by atoms with Gasteiger partial charge in [-0.25, -0.2) is 9.59 Å². The Balaban J connectivity index is 3.87. The van der Waals surface area contributed by atoms with Crippen LogP contribution in [0.2, 0.25) is 0 Å². The predicted octanol–water partition coefficient (Wildman–Crippen LogP) is 2.24. The van der Waals surface area contributed by atoms with Gasteiger partial charge >= 0.3 is 11.9 Å². The first-order chi connectivity index (χ1) is 10.6. The van der Waals surface area contributed by atoms with Gasteiger partial charge in [0, 0.05) is 0 Å². The lowest BCUT2D eigenvalue weighted by Crippen LogP contribution is -2.28. The van der Waals surface area contributed by atoms with Crippen molar-refractivity contribution in [3.8, 4) is 0 Å². The second-order valence-electron chi connectivity index (χ2n) is 4.91. The Hall–Kier alpha value is -1.80. The molecule has 0 fully saturated rings. The van der Waals surface area contributed by atoms with E-state index in [9.17, 15) is 18.4 Å². The Morgan fingerprint density at radius 2 is 1.26 bits per heavy atom. The second kappa shape index (κ2) is 10.8. The molecule has 0 rings (SSSR count). The zero-order valence-corrected chi connectivity index (χ0v) is 13.5. The number of esters is 2. The third-order valence-corrected chi connectivity index (χ3v) is 2.43. The van der Waals surface area contributed by atoms with Crippen LogP contribution in [0.4, 0.5) is 8.78 Å². The molecule has 0 aliphatic heterocycles. The molecule has 132 valence electrons. The third-order valence-electron chi connectivity index (χ3n) is 2.43. The molecule has 8 heteroatoms. The summed E-state index contributed by atoms with van der Waals surface area (Å²) >= 11 is 0. The van der Waals surface area contributed by atoms with Gasteiger partial charge in [0.05, 0.1) is 25.4 Å². The highest BCUT2D eigenvalue weighted by Gasteiger charge is 2.15. The summed E-state index contributed by atoms with van der Waals surface area (Å²) < 4.78 is 44.8. The van der Waals surface area contributed by atoms with Gasteiger partial charge < -0.3 is 18.9 Å². The van der Waals surface area contributed by atoms with Crippen molar-refractivity contribution in [2.45, 2.75) is 39.1 Å². The predicted molar refractivity (Wildman–Crippen MR) is 77.8 cm³/mol. The van der Waals surface area contributed by atoms with E-state index >= 15 is 0 Å². The molecule has 0 aromatic heterocycles. The zero-order chi connectivity index (χ0) is 18.0. The maximum absolute atomic E-state index is 12.4. The molecule has 0 aliphatic rings. The van der Waals surface area contributed by atoms with Crippen LogP contribution >= 0.6 is 0 Å². The molecule has 0 bridgehead atoms. The van der Waals surface area contributed by atoms with Crippen molar-refractivity contribution in [3.05, 3.63) is 24.8 Å². The van der Waals surface area contributed by atoms with Crippen molar-refractivity contribution >= 4 is 11.9 Å². The van der Waals surface area contributed by atoms with Gasteiger partial charge in [-0.2, -0.15) is 8.78 Å². The van der Waals surface area contributed by atoms with E-state index in [1.807, 2.05) is 0 Å². The normalized spacial score (nSPS) is 14.5. The highest BCUT2D eigenvalue weighted by atomic mass is 19.1. The summed E-state index contributed by atoms with van der Waals surface area (Å²) in [6.45, 7) is 10.6. The Morgan fingerprint density at radius 1 is 0.826 bits per heavy atom. The number of hydrogen-bond donors (Lipinski definition) is 0. The van der Waals surface area contributed by atoms with Crippen LogP contribution in [0.15, 0.2) is 24.8 Å². The number of rotatable bonds is 11. The van der Waals surface area contributed by atoms with Crippen LogP contribution in [0.3, 0.4) is 0 Å². The molecule has 6 nitrogen and oxygen atoms in total. The monoisotopic (exact) mass is 336 g/mol. The minimum atomic E-state index is -1.17. The quantitative estimate of drug-likeness (QED) is 0.426. The second-order valence-corrected chi connectivity index (χ2v) is 4.91. The minimum Gasteiger partial charge on any atom is -0.458 e. The first-order valence-electron chi connectivity index (χ1n) is 6.93. The average molecular weight is 336 g/mol. The van der Waals surface area contributed by atoms with Crippen molar-refractivity contribution in [1.82, 2.24) is 0 Å². The van der Waals surface area contributed by atoms with Gasteiger partial charge in [0.15, 0.2) is 0 Å². The minimum absolute atomic E-state index is 0.0502. The lowest BCUT2D eigenvalue weighted by Gasteiger charge is -2.19. The van der Waals surface area contributed by atoms with Crippen molar-refractivity contribution in [2.75, 3.05) is 19.8 Å². The SMILES string of the molecule is C=C(F)C(=O)OCC(C)OCC(C)OCC(C)OC(=O)C(=C)F. The van der Waals surface area contributed by atoms with Crippen LogP contribution in [0.25, 0.3) is 0 Å². The average Bonchev–Trinajstić information content (AvgIpc) is 2.47. The van der Waals surface area contributed by atoms with E-state index in [0.717, 1.165) is 0 Å². The van der Waals surface area contributed by atoms with E-state index in [-0.39, 0.29) is 25.9 Å². The van der Waals surface area contributed by atoms with Crippen molar-refractivity contribution < 1.29 is 37.3 Å². The molecule has 0 heterocycles. The van der Waals surface area contributed by atoms with E-state index in [0.29, 0.717) is 0 Å². The van der Waals surface area contributed by atoms with E-state index < -0.39 is 35.8 Å². The Labute approximate surface area is 134 Å². The molecule has 0 aromatic rings. The fraction of sp³-hybridized carbons (Fsp3) is 0.600. The summed E-state index contributed by atoms with van der Waals surface area (Å²) in [4.78, 5) is 21.8. The van der Waals surface area contributed by atoms with Crippen LogP contribution < -0.4 is 0 Å². The highest BCUT2D eigenvalue weighted by molar-refractivity contribution is 5.85. The number of hydrogen-bond acceptors (Lipinski definition) is 6. The van der Waals surface area contributed by atoms with Gasteiger partial charge in [-0.15, -0.1) is 0 Å². The largest absolute Gasteiger partial charge is 0.458 e. The fourth-order valence-corrected chi connectivity index (χ4v) is 1.25. The van der Waals surface area contributed by atoms with Gasteiger partial charge in [0.1, 0.15) is 12.7 Å². The van der Waals surface area contributed by atoms with Crippen molar-refractivity contribution in [3.63, 3.8) is 0 Å². The number of carbonyl (C=O) groups excluding carboxylic acids is 2. The summed E-state index contributed by atoms with van der Waals surface area (Å²) in [7, 11) is 0. The molecular formula is C15H22F2O6. The lowest BCUT2D eigenvalue weighted by molar-refractivity contribution is -0.151. The van der Waals surface area contributed by atoms with Crippen LogP contribution in [-0.4, -0.2) is 50.1 Å². The molecule has 0 aromatic carbocycles. The summed E-state index contributed by atoms with van der Waals surface area (Å²) in [6, 6.07) is 0. The summed E-state index contributed by atoms with van der Waals surface area (Å²) in [5, 5.41) is 0. The fourth-order valence-electron chi connectivity index (χ4n) is 1.25. The summed E-state index contributed by atoms with van der Waals surface area (Å²) in [6.07, 6.45) is -1.46. The van der Waals surface area contributed by atoms with Gasteiger partial charge in [-0.3, -0.25) is 0 Å². The molecule has 0 N–H and O–H groups in total. The molecule has 0 saturated carbocycles. The summed E-state index contributed by atoms with van der Waals surface area (Å²) in [5.74, 6) is -4.61. The van der Waals surface area contributed by atoms with Crippen molar-refractivity contribution in [2.24, 2.45) is 0 Å².